The van der Waals surface area contributed by atoms with Crippen LogP contribution in [-0.4, -0.2) is 55.3 Å². The number of likely N-dealkylation sites (N-methyl/N-ethyl adjacent to an activating group) is 1. The predicted molar refractivity (Wildman–Crippen MR) is 91.5 cm³/mol. The van der Waals surface area contributed by atoms with Gasteiger partial charge < -0.3 is 20.3 Å². The maximum absolute atomic E-state index is 12.2. The van der Waals surface area contributed by atoms with Crippen LogP contribution in [0.5, 0.6) is 0 Å². The molecule has 10 nitrogen and oxygen atoms in total. The van der Waals surface area contributed by atoms with Crippen molar-refractivity contribution < 1.29 is 19.2 Å². The Hall–Kier alpha value is -3.53. The molecular formula is C17H16N6O4. The molecule has 4 rings (SSSR count). The summed E-state index contributed by atoms with van der Waals surface area (Å²) in [6.45, 7) is 0.431. The van der Waals surface area contributed by atoms with Gasteiger partial charge in [0.25, 0.3) is 11.8 Å². The molecule has 3 aromatic heterocycles. The molecule has 1 atom stereocenters. The molecule has 0 aromatic carbocycles. The van der Waals surface area contributed by atoms with Gasteiger partial charge >= 0.3 is 0 Å². The fourth-order valence-electron chi connectivity index (χ4n) is 2.94. The molecule has 0 spiro atoms. The van der Waals surface area contributed by atoms with E-state index < -0.39 is 17.4 Å². The Kier molecular flexibility index (Phi) is 3.77. The SMILES string of the molecule is CN1CC[C@@](O)(c2cc(-c3cccc(-n4cc(C(N)=O)cn4)n3)no2)C1=O. The highest BCUT2D eigenvalue weighted by molar-refractivity contribution is 5.92. The van der Waals surface area contributed by atoms with E-state index in [1.807, 2.05) is 0 Å². The molecule has 2 amide bonds. The number of hydrogen-bond donors (Lipinski definition) is 2. The summed E-state index contributed by atoms with van der Waals surface area (Å²) in [5.41, 5.74) is 4.61. The summed E-state index contributed by atoms with van der Waals surface area (Å²) < 4.78 is 6.65. The summed E-state index contributed by atoms with van der Waals surface area (Å²) >= 11 is 0. The number of carbonyl (C=O) groups is 2. The summed E-state index contributed by atoms with van der Waals surface area (Å²) in [5, 5.41) is 18.6. The van der Waals surface area contributed by atoms with Crippen molar-refractivity contribution in [3.8, 4) is 17.2 Å². The number of rotatable bonds is 4. The van der Waals surface area contributed by atoms with Crippen LogP contribution in [-0.2, 0) is 10.4 Å². The van der Waals surface area contributed by atoms with E-state index in [1.165, 1.54) is 28.0 Å². The van der Waals surface area contributed by atoms with Crippen LogP contribution in [0.1, 0.15) is 22.5 Å². The van der Waals surface area contributed by atoms with Crippen molar-refractivity contribution in [2.24, 2.45) is 5.73 Å². The molecule has 0 radical (unpaired) electrons. The van der Waals surface area contributed by atoms with E-state index in [0.29, 0.717) is 23.8 Å². The number of nitrogens with two attached hydrogens (primary N) is 1. The van der Waals surface area contributed by atoms with Crippen LogP contribution >= 0.6 is 0 Å². The number of amides is 2. The van der Waals surface area contributed by atoms with E-state index in [2.05, 4.69) is 15.2 Å². The van der Waals surface area contributed by atoms with Crippen LogP contribution < -0.4 is 5.73 Å². The van der Waals surface area contributed by atoms with E-state index in [9.17, 15) is 14.7 Å². The van der Waals surface area contributed by atoms with Crippen LogP contribution in [0.15, 0.2) is 41.2 Å². The van der Waals surface area contributed by atoms with Gasteiger partial charge in [0, 0.05) is 32.3 Å². The first-order chi connectivity index (χ1) is 12.9. The first-order valence-corrected chi connectivity index (χ1v) is 8.16. The first kappa shape index (κ1) is 16.9. The van der Waals surface area contributed by atoms with Crippen LogP contribution in [0.25, 0.3) is 17.2 Å². The molecular weight excluding hydrogens is 352 g/mol. The summed E-state index contributed by atoms with van der Waals surface area (Å²) in [4.78, 5) is 29.3. The van der Waals surface area contributed by atoms with Crippen molar-refractivity contribution in [2.75, 3.05) is 13.6 Å². The van der Waals surface area contributed by atoms with Crippen molar-refractivity contribution in [3.63, 3.8) is 0 Å². The van der Waals surface area contributed by atoms with E-state index in [1.54, 1.807) is 25.2 Å². The van der Waals surface area contributed by atoms with Crippen LogP contribution in [0.2, 0.25) is 0 Å². The molecule has 138 valence electrons. The quantitative estimate of drug-likeness (QED) is 0.664. The van der Waals surface area contributed by atoms with Gasteiger partial charge in [-0.05, 0) is 12.1 Å². The van der Waals surface area contributed by atoms with Crippen molar-refractivity contribution in [1.29, 1.82) is 0 Å². The average molecular weight is 368 g/mol. The van der Waals surface area contributed by atoms with Crippen molar-refractivity contribution in [1.82, 2.24) is 24.8 Å². The lowest BCUT2D eigenvalue weighted by Crippen LogP contribution is -2.35. The third kappa shape index (κ3) is 2.75. The Morgan fingerprint density at radius 2 is 2.19 bits per heavy atom. The van der Waals surface area contributed by atoms with Crippen molar-refractivity contribution >= 4 is 11.8 Å². The molecule has 4 heterocycles. The van der Waals surface area contributed by atoms with E-state index in [4.69, 9.17) is 10.3 Å². The number of carbonyl (C=O) groups excluding carboxylic acids is 2. The molecule has 0 bridgehead atoms. The second-order valence-corrected chi connectivity index (χ2v) is 6.33. The van der Waals surface area contributed by atoms with Crippen molar-refractivity contribution in [3.05, 3.63) is 48.0 Å². The lowest BCUT2D eigenvalue weighted by atomic mass is 9.98. The highest BCUT2D eigenvalue weighted by atomic mass is 16.5. The van der Waals surface area contributed by atoms with Gasteiger partial charge in [-0.1, -0.05) is 11.2 Å². The molecule has 1 aliphatic heterocycles. The number of aromatic nitrogens is 4. The maximum Gasteiger partial charge on any atom is 0.262 e. The minimum absolute atomic E-state index is 0.0779. The van der Waals surface area contributed by atoms with E-state index >= 15 is 0 Å². The maximum atomic E-state index is 12.2. The van der Waals surface area contributed by atoms with E-state index in [0.717, 1.165) is 0 Å². The summed E-state index contributed by atoms with van der Waals surface area (Å²) in [6, 6.07) is 6.64. The number of hydrogen-bond acceptors (Lipinski definition) is 7. The van der Waals surface area contributed by atoms with Gasteiger partial charge in [0.2, 0.25) is 5.60 Å². The number of nitrogens with zero attached hydrogens (tertiary/aromatic N) is 5. The number of aliphatic hydroxyl groups is 1. The minimum Gasteiger partial charge on any atom is -0.373 e. The van der Waals surface area contributed by atoms with Gasteiger partial charge in [-0.15, -0.1) is 0 Å². The number of pyridine rings is 1. The molecule has 0 unspecified atom stereocenters. The number of likely N-dealkylation sites (tertiary alicyclic amines) is 1. The molecule has 1 fully saturated rings. The van der Waals surface area contributed by atoms with Gasteiger partial charge in [-0.2, -0.15) is 5.10 Å². The zero-order valence-corrected chi connectivity index (χ0v) is 14.4. The molecule has 3 aromatic rings. The summed E-state index contributed by atoms with van der Waals surface area (Å²) in [6.07, 6.45) is 3.05. The highest BCUT2D eigenvalue weighted by Gasteiger charge is 2.48. The smallest absolute Gasteiger partial charge is 0.262 e. The molecule has 1 aliphatic rings. The Morgan fingerprint density at radius 1 is 1.37 bits per heavy atom. The van der Waals surface area contributed by atoms with Crippen LogP contribution in [0.3, 0.4) is 0 Å². The van der Waals surface area contributed by atoms with Crippen LogP contribution in [0.4, 0.5) is 0 Å². The Labute approximate surface area is 153 Å². The Morgan fingerprint density at radius 3 is 2.85 bits per heavy atom. The minimum atomic E-state index is -1.71. The molecule has 1 saturated heterocycles. The van der Waals surface area contributed by atoms with Gasteiger partial charge in [0.1, 0.15) is 5.69 Å². The van der Waals surface area contributed by atoms with Crippen LogP contribution in [0, 0.1) is 0 Å². The van der Waals surface area contributed by atoms with Gasteiger partial charge in [0.05, 0.1) is 17.5 Å². The average Bonchev–Trinajstić information content (AvgIpc) is 3.39. The lowest BCUT2D eigenvalue weighted by Gasteiger charge is -2.16. The first-order valence-electron chi connectivity index (χ1n) is 8.16. The molecule has 3 N–H and O–H groups in total. The monoisotopic (exact) mass is 368 g/mol. The predicted octanol–water partition coefficient (Wildman–Crippen LogP) is 0.0709. The second kappa shape index (κ2) is 6.02. The topological polar surface area (TPSA) is 140 Å². The van der Waals surface area contributed by atoms with E-state index in [-0.39, 0.29) is 17.7 Å². The van der Waals surface area contributed by atoms with Gasteiger partial charge in [-0.25, -0.2) is 9.67 Å². The standard InChI is InChI=1S/C17H16N6O4/c1-22-6-5-17(26,16(22)25)13-7-12(21-27-13)11-3-2-4-14(20-11)23-9-10(8-19-23)15(18)24/h2-4,7-9,26H,5-6H2,1H3,(H2,18,24)/t17-/m1/s1. The fraction of sp³-hybridized carbons (Fsp3) is 0.235. The Balaban J connectivity index is 1.66. The second-order valence-electron chi connectivity index (χ2n) is 6.33. The third-order valence-corrected chi connectivity index (χ3v) is 4.53. The Bertz CT molecular complexity index is 1040. The lowest BCUT2D eigenvalue weighted by molar-refractivity contribution is -0.144. The third-order valence-electron chi connectivity index (χ3n) is 4.53. The fourth-order valence-corrected chi connectivity index (χ4v) is 2.94. The molecule has 0 aliphatic carbocycles. The molecule has 10 heteroatoms. The normalized spacial score (nSPS) is 19.6. The zero-order valence-electron chi connectivity index (χ0n) is 14.4. The van der Waals surface area contributed by atoms with Gasteiger partial charge in [-0.3, -0.25) is 9.59 Å². The largest absolute Gasteiger partial charge is 0.373 e. The highest BCUT2D eigenvalue weighted by Crippen LogP contribution is 2.34. The summed E-state index contributed by atoms with van der Waals surface area (Å²) in [7, 11) is 1.62. The summed E-state index contributed by atoms with van der Waals surface area (Å²) in [5.74, 6) is -0.491. The van der Waals surface area contributed by atoms with Gasteiger partial charge in [0.15, 0.2) is 11.6 Å². The zero-order chi connectivity index (χ0) is 19.2. The molecule has 27 heavy (non-hydrogen) atoms. The molecule has 0 saturated carbocycles. The van der Waals surface area contributed by atoms with Crippen molar-refractivity contribution in [2.45, 2.75) is 12.0 Å². The number of primary amides is 1.